The van der Waals surface area contributed by atoms with Crippen molar-refractivity contribution in [3.63, 3.8) is 0 Å². The summed E-state index contributed by atoms with van der Waals surface area (Å²) in [6, 6.07) is 5.45. The third-order valence-corrected chi connectivity index (χ3v) is 2.60. The van der Waals surface area contributed by atoms with Gasteiger partial charge in [-0.1, -0.05) is 11.2 Å². The Morgan fingerprint density at radius 3 is 3.12 bits per heavy atom. The largest absolute Gasteiger partial charge is 0.490 e. The van der Waals surface area contributed by atoms with Gasteiger partial charge in [0.2, 0.25) is 0 Å². The molecule has 0 aliphatic heterocycles. The van der Waals surface area contributed by atoms with Crippen molar-refractivity contribution < 1.29 is 14.4 Å². The highest BCUT2D eigenvalue weighted by Gasteiger charge is 2.11. The molecule has 1 aromatic heterocycles. The number of aliphatic hydroxyl groups excluding tert-OH is 1. The lowest BCUT2D eigenvalue weighted by molar-refractivity contribution is 0.126. The molecule has 0 aliphatic carbocycles. The molecule has 1 aromatic carbocycles. The maximum absolute atomic E-state index is 9.32. The number of hydrogen-bond acceptors (Lipinski definition) is 4. The minimum absolute atomic E-state index is 0.151. The van der Waals surface area contributed by atoms with Crippen LogP contribution in [0, 0.1) is 6.92 Å². The van der Waals surface area contributed by atoms with Gasteiger partial charge in [0, 0.05) is 0 Å². The van der Waals surface area contributed by atoms with Crippen molar-refractivity contribution in [2.45, 2.75) is 13.0 Å². The average molecular weight is 242 g/mol. The number of ether oxygens (including phenoxy) is 1. The lowest BCUT2D eigenvalue weighted by Gasteiger charge is -2.10. The molecule has 2 rings (SSSR count). The molecule has 0 spiro atoms. The fourth-order valence-corrected chi connectivity index (χ4v) is 1.55. The molecule has 1 atom stereocenters. The number of alkyl halides is 1. The quantitative estimate of drug-likeness (QED) is 0.833. The summed E-state index contributed by atoms with van der Waals surface area (Å²) in [5.41, 5.74) is 1.45. The maximum atomic E-state index is 9.32. The third kappa shape index (κ3) is 2.13. The van der Waals surface area contributed by atoms with Crippen molar-refractivity contribution in [3.8, 4) is 5.75 Å². The number of aliphatic hydroxyl groups is 1. The summed E-state index contributed by atoms with van der Waals surface area (Å²) in [6.45, 7) is 2.00. The third-order valence-electron chi connectivity index (χ3n) is 2.24. The van der Waals surface area contributed by atoms with E-state index < -0.39 is 6.10 Å². The summed E-state index contributed by atoms with van der Waals surface area (Å²) in [6.07, 6.45) is -0.669. The highest BCUT2D eigenvalue weighted by molar-refractivity contribution is 6.18. The van der Waals surface area contributed by atoms with Crippen molar-refractivity contribution >= 4 is 22.6 Å². The van der Waals surface area contributed by atoms with E-state index in [1.807, 2.05) is 25.1 Å². The first-order valence-electron chi connectivity index (χ1n) is 4.94. The molecule has 0 fully saturated rings. The van der Waals surface area contributed by atoms with Crippen LogP contribution in [0.15, 0.2) is 22.7 Å². The lowest BCUT2D eigenvalue weighted by Crippen LogP contribution is -2.18. The normalized spacial score (nSPS) is 12.9. The monoisotopic (exact) mass is 241 g/mol. The van der Waals surface area contributed by atoms with E-state index in [1.54, 1.807) is 0 Å². The van der Waals surface area contributed by atoms with E-state index in [9.17, 15) is 5.11 Å². The van der Waals surface area contributed by atoms with Gasteiger partial charge < -0.3 is 14.4 Å². The standard InChI is InChI=1S/C11H12ClNO3/c1-7-11-9(15-6-8(14)5-12)3-2-4-10(11)16-13-7/h2-4,8,14H,5-6H2,1H3. The molecule has 5 heteroatoms. The first-order valence-corrected chi connectivity index (χ1v) is 5.47. The van der Waals surface area contributed by atoms with E-state index in [-0.39, 0.29) is 12.5 Å². The minimum atomic E-state index is -0.669. The Morgan fingerprint density at radius 1 is 1.56 bits per heavy atom. The van der Waals surface area contributed by atoms with Crippen LogP contribution >= 0.6 is 11.6 Å². The number of rotatable bonds is 4. The second-order valence-electron chi connectivity index (χ2n) is 3.52. The minimum Gasteiger partial charge on any atom is -0.490 e. The van der Waals surface area contributed by atoms with E-state index in [2.05, 4.69) is 5.16 Å². The van der Waals surface area contributed by atoms with Crippen LogP contribution in [-0.4, -0.2) is 28.9 Å². The predicted molar refractivity (Wildman–Crippen MR) is 61.0 cm³/mol. The number of benzene rings is 1. The van der Waals surface area contributed by atoms with Crippen LogP contribution in [0.2, 0.25) is 0 Å². The molecule has 0 saturated carbocycles. The molecule has 0 amide bonds. The number of hydrogen-bond donors (Lipinski definition) is 1. The summed E-state index contributed by atoms with van der Waals surface area (Å²) < 4.78 is 10.6. The first kappa shape index (κ1) is 11.2. The number of halogens is 1. The average Bonchev–Trinajstić information content (AvgIpc) is 2.69. The molecule has 0 bridgehead atoms. The summed E-state index contributed by atoms with van der Waals surface area (Å²) in [7, 11) is 0. The highest BCUT2D eigenvalue weighted by atomic mass is 35.5. The van der Waals surface area contributed by atoms with Crippen LogP contribution in [0.1, 0.15) is 5.69 Å². The molecule has 0 saturated heterocycles. The first-order chi connectivity index (χ1) is 7.72. The molecule has 2 aromatic rings. The van der Waals surface area contributed by atoms with Gasteiger partial charge in [-0.25, -0.2) is 0 Å². The zero-order chi connectivity index (χ0) is 11.5. The van der Waals surface area contributed by atoms with Crippen LogP contribution in [0.25, 0.3) is 11.0 Å². The predicted octanol–water partition coefficient (Wildman–Crippen LogP) is 2.11. The van der Waals surface area contributed by atoms with Gasteiger partial charge in [0.25, 0.3) is 0 Å². The van der Waals surface area contributed by atoms with E-state index in [0.717, 1.165) is 11.1 Å². The van der Waals surface area contributed by atoms with Gasteiger partial charge in [0.1, 0.15) is 18.5 Å². The van der Waals surface area contributed by atoms with Crippen LogP contribution in [0.5, 0.6) is 5.75 Å². The number of aryl methyl sites for hydroxylation is 1. The van der Waals surface area contributed by atoms with Gasteiger partial charge in [0.05, 0.1) is 17.0 Å². The Bertz CT molecular complexity index is 483. The molecule has 0 aliphatic rings. The molecular weight excluding hydrogens is 230 g/mol. The van der Waals surface area contributed by atoms with Crippen molar-refractivity contribution in [3.05, 3.63) is 23.9 Å². The second kappa shape index (κ2) is 4.72. The summed E-state index contributed by atoms with van der Waals surface area (Å²) in [4.78, 5) is 0. The van der Waals surface area contributed by atoms with Gasteiger partial charge in [0.15, 0.2) is 5.58 Å². The van der Waals surface area contributed by atoms with Crippen LogP contribution in [-0.2, 0) is 0 Å². The summed E-state index contributed by atoms with van der Waals surface area (Å²) >= 11 is 5.49. The second-order valence-corrected chi connectivity index (χ2v) is 3.83. The molecule has 16 heavy (non-hydrogen) atoms. The molecule has 4 nitrogen and oxygen atoms in total. The zero-order valence-corrected chi connectivity index (χ0v) is 9.57. The molecule has 1 unspecified atom stereocenters. The highest BCUT2D eigenvalue weighted by Crippen LogP contribution is 2.28. The summed E-state index contributed by atoms with van der Waals surface area (Å²) in [5.74, 6) is 0.805. The van der Waals surface area contributed by atoms with E-state index >= 15 is 0 Å². The van der Waals surface area contributed by atoms with Gasteiger partial charge in [-0.2, -0.15) is 0 Å². The van der Waals surface area contributed by atoms with E-state index in [4.69, 9.17) is 20.9 Å². The van der Waals surface area contributed by atoms with Gasteiger partial charge in [-0.3, -0.25) is 0 Å². The fourth-order valence-electron chi connectivity index (χ4n) is 1.46. The maximum Gasteiger partial charge on any atom is 0.170 e. The Balaban J connectivity index is 2.26. The fraction of sp³-hybridized carbons (Fsp3) is 0.364. The van der Waals surface area contributed by atoms with E-state index in [1.165, 1.54) is 0 Å². The van der Waals surface area contributed by atoms with Gasteiger partial charge in [-0.15, -0.1) is 11.6 Å². The van der Waals surface area contributed by atoms with Crippen molar-refractivity contribution in [1.82, 2.24) is 5.16 Å². The Morgan fingerprint density at radius 2 is 2.38 bits per heavy atom. The van der Waals surface area contributed by atoms with Crippen LogP contribution < -0.4 is 4.74 Å². The Hall–Kier alpha value is -1.26. The molecule has 1 heterocycles. The van der Waals surface area contributed by atoms with Crippen LogP contribution in [0.4, 0.5) is 0 Å². The zero-order valence-electron chi connectivity index (χ0n) is 8.81. The van der Waals surface area contributed by atoms with Crippen molar-refractivity contribution in [2.75, 3.05) is 12.5 Å². The number of aromatic nitrogens is 1. The van der Waals surface area contributed by atoms with E-state index in [0.29, 0.717) is 11.3 Å². The van der Waals surface area contributed by atoms with Gasteiger partial charge >= 0.3 is 0 Å². The van der Waals surface area contributed by atoms with Crippen molar-refractivity contribution in [1.29, 1.82) is 0 Å². The molecule has 0 radical (unpaired) electrons. The number of fused-ring (bicyclic) bond motifs is 1. The van der Waals surface area contributed by atoms with Crippen LogP contribution in [0.3, 0.4) is 0 Å². The summed E-state index contributed by atoms with van der Waals surface area (Å²) in [5, 5.41) is 14.0. The SMILES string of the molecule is Cc1noc2cccc(OCC(O)CCl)c12. The number of nitrogens with zero attached hydrogens (tertiary/aromatic N) is 1. The smallest absolute Gasteiger partial charge is 0.170 e. The van der Waals surface area contributed by atoms with Crippen molar-refractivity contribution in [2.24, 2.45) is 0 Å². The molecule has 86 valence electrons. The van der Waals surface area contributed by atoms with Gasteiger partial charge in [-0.05, 0) is 19.1 Å². The topological polar surface area (TPSA) is 55.5 Å². The lowest BCUT2D eigenvalue weighted by atomic mass is 10.2. The Labute approximate surface area is 97.7 Å². The molecular formula is C11H12ClNO3. The molecule has 1 N–H and O–H groups in total. The Kier molecular flexibility index (Phi) is 3.31.